The second kappa shape index (κ2) is 8.58. The molecule has 0 spiro atoms. The number of fused-ring (bicyclic) bond motifs is 1. The van der Waals surface area contributed by atoms with Crippen LogP contribution in [0.2, 0.25) is 5.02 Å². The number of pyridine rings is 1. The fourth-order valence-corrected chi connectivity index (χ4v) is 5.04. The third kappa shape index (κ3) is 4.50. The van der Waals surface area contributed by atoms with Crippen LogP contribution in [0.1, 0.15) is 15.9 Å². The van der Waals surface area contributed by atoms with Gasteiger partial charge in [-0.1, -0.05) is 29.8 Å². The molecule has 2 N–H and O–H groups in total. The van der Waals surface area contributed by atoms with E-state index >= 15 is 0 Å². The molecule has 1 amide bonds. The number of hydrogen-bond acceptors (Lipinski definition) is 6. The Labute approximate surface area is 186 Å². The molecule has 11 heteroatoms. The molecular formula is C20H14ClFN4O3S2. The van der Waals surface area contributed by atoms with Gasteiger partial charge in [-0.25, -0.2) is 9.37 Å². The minimum absolute atomic E-state index is 0.0421. The van der Waals surface area contributed by atoms with E-state index in [1.165, 1.54) is 36.7 Å². The number of halogens is 2. The van der Waals surface area contributed by atoms with Crippen molar-refractivity contribution in [3.8, 4) is 0 Å². The molecule has 158 valence electrons. The number of amides is 1. The number of nitrogens with one attached hydrogen (secondary N) is 2. The summed E-state index contributed by atoms with van der Waals surface area (Å²) in [6, 6.07) is 11.7. The number of carbonyl (C=O) groups is 1. The summed E-state index contributed by atoms with van der Waals surface area (Å²) in [6.45, 7) is 0.0421. The van der Waals surface area contributed by atoms with Gasteiger partial charge in [0, 0.05) is 17.8 Å². The molecule has 0 aliphatic carbocycles. The Morgan fingerprint density at radius 3 is 2.77 bits per heavy atom. The van der Waals surface area contributed by atoms with Gasteiger partial charge in [-0.05, 0) is 47.4 Å². The Hall–Kier alpha value is -3.08. The van der Waals surface area contributed by atoms with Crippen LogP contribution in [-0.2, 0) is 16.6 Å². The minimum Gasteiger partial charge on any atom is -0.348 e. The Morgan fingerprint density at radius 1 is 1.16 bits per heavy atom. The molecule has 2 heterocycles. The van der Waals surface area contributed by atoms with Gasteiger partial charge >= 0.3 is 0 Å². The summed E-state index contributed by atoms with van der Waals surface area (Å²) < 4.78 is 46.2. The van der Waals surface area contributed by atoms with Crippen LogP contribution < -0.4 is 10.0 Å². The first-order valence-electron chi connectivity index (χ1n) is 8.88. The summed E-state index contributed by atoms with van der Waals surface area (Å²) in [7, 11) is -4.08. The van der Waals surface area contributed by atoms with Crippen LogP contribution >= 0.6 is 23.1 Å². The largest absolute Gasteiger partial charge is 0.348 e. The lowest BCUT2D eigenvalue weighted by Gasteiger charge is -2.13. The number of hydrogen-bond donors (Lipinski definition) is 2. The SMILES string of the molecule is O=C(NCc1ccc(F)cc1Cl)c1ccccc1NS(=O)(=O)c1nccc2sncc12. The van der Waals surface area contributed by atoms with Gasteiger partial charge in [-0.3, -0.25) is 9.52 Å². The van der Waals surface area contributed by atoms with Crippen LogP contribution in [0.15, 0.2) is 66.0 Å². The molecule has 0 unspecified atom stereocenters. The van der Waals surface area contributed by atoms with Crippen molar-refractivity contribution in [2.24, 2.45) is 0 Å². The number of sulfonamides is 1. The quantitative estimate of drug-likeness (QED) is 0.434. The molecule has 0 aliphatic rings. The van der Waals surface area contributed by atoms with Crippen molar-refractivity contribution < 1.29 is 17.6 Å². The second-order valence-corrected chi connectivity index (χ2v) is 9.26. The van der Waals surface area contributed by atoms with Crippen LogP contribution in [0.5, 0.6) is 0 Å². The van der Waals surface area contributed by atoms with Gasteiger partial charge in [0.25, 0.3) is 15.9 Å². The number of rotatable bonds is 6. The van der Waals surface area contributed by atoms with E-state index in [1.54, 1.807) is 18.2 Å². The summed E-state index contributed by atoms with van der Waals surface area (Å²) in [5.41, 5.74) is 0.724. The van der Waals surface area contributed by atoms with E-state index in [0.717, 1.165) is 17.6 Å². The number of carbonyl (C=O) groups excluding carboxylic acids is 1. The number of para-hydroxylation sites is 1. The van der Waals surface area contributed by atoms with Crippen molar-refractivity contribution in [1.82, 2.24) is 14.7 Å². The molecule has 0 fully saturated rings. The summed E-state index contributed by atoms with van der Waals surface area (Å²) >= 11 is 7.15. The highest BCUT2D eigenvalue weighted by atomic mass is 35.5. The zero-order valence-electron chi connectivity index (χ0n) is 15.7. The number of anilines is 1. The third-order valence-electron chi connectivity index (χ3n) is 4.37. The molecular weight excluding hydrogens is 463 g/mol. The molecule has 4 rings (SSSR count). The maximum absolute atomic E-state index is 13.2. The van der Waals surface area contributed by atoms with E-state index in [0.29, 0.717) is 15.6 Å². The first-order chi connectivity index (χ1) is 14.8. The summed E-state index contributed by atoms with van der Waals surface area (Å²) in [4.78, 5) is 16.7. The molecule has 2 aromatic heterocycles. The van der Waals surface area contributed by atoms with Crippen LogP contribution in [0, 0.1) is 5.82 Å². The Balaban J connectivity index is 1.58. The molecule has 0 bridgehead atoms. The van der Waals surface area contributed by atoms with E-state index in [1.807, 2.05) is 0 Å². The Morgan fingerprint density at radius 2 is 1.97 bits per heavy atom. The van der Waals surface area contributed by atoms with E-state index < -0.39 is 21.7 Å². The van der Waals surface area contributed by atoms with Gasteiger partial charge in [0.2, 0.25) is 0 Å². The van der Waals surface area contributed by atoms with Crippen LogP contribution in [-0.4, -0.2) is 23.7 Å². The fourth-order valence-electron chi connectivity index (χ4n) is 2.88. The zero-order valence-corrected chi connectivity index (χ0v) is 18.1. The maximum atomic E-state index is 13.2. The molecule has 4 aromatic rings. The smallest absolute Gasteiger partial charge is 0.280 e. The topological polar surface area (TPSA) is 101 Å². The van der Waals surface area contributed by atoms with Crippen LogP contribution in [0.25, 0.3) is 10.1 Å². The van der Waals surface area contributed by atoms with Crippen molar-refractivity contribution in [3.05, 3.63) is 82.9 Å². The molecule has 7 nitrogen and oxygen atoms in total. The van der Waals surface area contributed by atoms with Gasteiger partial charge in [0.15, 0.2) is 5.03 Å². The van der Waals surface area contributed by atoms with E-state index in [2.05, 4.69) is 19.4 Å². The number of nitrogens with zero attached hydrogens (tertiary/aromatic N) is 2. The average Bonchev–Trinajstić information content (AvgIpc) is 3.22. The van der Waals surface area contributed by atoms with Crippen molar-refractivity contribution in [2.75, 3.05) is 4.72 Å². The standard InChI is InChI=1S/C20H14ClFN4O3S2/c21-16-9-13(22)6-5-12(16)10-24-19(27)14-3-1-2-4-17(14)26-31(28,29)20-15-11-25-30-18(15)7-8-23-20/h1-9,11,26H,10H2,(H,24,27). The molecule has 0 radical (unpaired) electrons. The van der Waals surface area contributed by atoms with Gasteiger partial charge in [0.1, 0.15) is 5.82 Å². The summed E-state index contributed by atoms with van der Waals surface area (Å²) in [5.74, 6) is -1.01. The highest BCUT2D eigenvalue weighted by Crippen LogP contribution is 2.26. The van der Waals surface area contributed by atoms with Gasteiger partial charge < -0.3 is 5.32 Å². The van der Waals surface area contributed by atoms with E-state index in [9.17, 15) is 17.6 Å². The van der Waals surface area contributed by atoms with Crippen LogP contribution in [0.4, 0.5) is 10.1 Å². The minimum atomic E-state index is -4.08. The van der Waals surface area contributed by atoms with Gasteiger partial charge in [-0.15, -0.1) is 0 Å². The van der Waals surface area contributed by atoms with Crippen molar-refractivity contribution in [2.45, 2.75) is 11.6 Å². The lowest BCUT2D eigenvalue weighted by atomic mass is 10.1. The number of benzene rings is 2. The molecule has 0 aliphatic heterocycles. The second-order valence-electron chi connectivity index (χ2n) is 6.42. The molecule has 0 saturated carbocycles. The lowest BCUT2D eigenvalue weighted by Crippen LogP contribution is -2.25. The van der Waals surface area contributed by atoms with E-state index in [4.69, 9.17) is 11.6 Å². The van der Waals surface area contributed by atoms with Crippen molar-refractivity contribution >= 4 is 54.8 Å². The fraction of sp³-hybridized carbons (Fsp3) is 0.0500. The first-order valence-corrected chi connectivity index (χ1v) is 11.5. The average molecular weight is 477 g/mol. The molecule has 0 saturated heterocycles. The lowest BCUT2D eigenvalue weighted by molar-refractivity contribution is 0.0952. The first kappa shape index (κ1) is 21.2. The number of aromatic nitrogens is 2. The predicted molar refractivity (Wildman–Crippen MR) is 117 cm³/mol. The summed E-state index contributed by atoms with van der Waals surface area (Å²) in [5, 5.41) is 3.06. The Kier molecular flexibility index (Phi) is 5.86. The zero-order chi connectivity index (χ0) is 22.0. The highest BCUT2D eigenvalue weighted by Gasteiger charge is 2.23. The van der Waals surface area contributed by atoms with Gasteiger partial charge in [0.05, 0.1) is 27.5 Å². The Bertz CT molecular complexity index is 1390. The third-order valence-corrected chi connectivity index (χ3v) is 6.81. The summed E-state index contributed by atoms with van der Waals surface area (Å²) in [6.07, 6.45) is 2.83. The molecule has 2 aromatic carbocycles. The van der Waals surface area contributed by atoms with E-state index in [-0.39, 0.29) is 27.8 Å². The monoisotopic (exact) mass is 476 g/mol. The molecule has 0 atom stereocenters. The highest BCUT2D eigenvalue weighted by molar-refractivity contribution is 7.92. The van der Waals surface area contributed by atoms with Crippen LogP contribution in [0.3, 0.4) is 0 Å². The predicted octanol–water partition coefficient (Wildman–Crippen LogP) is 4.21. The molecule has 31 heavy (non-hydrogen) atoms. The van der Waals surface area contributed by atoms with Crippen molar-refractivity contribution in [3.63, 3.8) is 0 Å². The van der Waals surface area contributed by atoms with Gasteiger partial charge in [-0.2, -0.15) is 12.8 Å². The van der Waals surface area contributed by atoms with Crippen molar-refractivity contribution in [1.29, 1.82) is 0 Å². The maximum Gasteiger partial charge on any atom is 0.280 e. The normalized spacial score (nSPS) is 11.4.